The molecule has 0 saturated carbocycles. The molecule has 0 unspecified atom stereocenters. The van der Waals surface area contributed by atoms with Gasteiger partial charge in [-0.3, -0.25) is 0 Å². The Kier molecular flexibility index (Phi) is 7.57. The summed E-state index contributed by atoms with van der Waals surface area (Å²) in [7, 11) is 0. The lowest BCUT2D eigenvalue weighted by atomic mass is 10.1. The zero-order valence-corrected chi connectivity index (χ0v) is 19.1. The molecule has 2 aliphatic rings. The standard InChI is InChI=1S/C23H32ClN7/c1-18(19-10-12-20(24)13-11-19)28-29-21-25-22(30-14-6-2-3-7-15-30)27-23(26-21)31-16-8-4-5-9-17-31/h10-13H,2-9,14-17H2,1H3,(H,25,26,27,29). The normalized spacial score (nSPS) is 18.5. The van der Waals surface area contributed by atoms with Crippen LogP contribution in [0.2, 0.25) is 5.02 Å². The molecule has 0 aliphatic carbocycles. The van der Waals surface area contributed by atoms with Crippen LogP contribution in [0.25, 0.3) is 0 Å². The number of hydrogen-bond donors (Lipinski definition) is 1. The van der Waals surface area contributed by atoms with Crippen LogP contribution in [0.3, 0.4) is 0 Å². The van der Waals surface area contributed by atoms with Crippen LogP contribution in [0.5, 0.6) is 0 Å². The van der Waals surface area contributed by atoms with Gasteiger partial charge in [0.25, 0.3) is 0 Å². The summed E-state index contributed by atoms with van der Waals surface area (Å²) in [6, 6.07) is 7.66. The van der Waals surface area contributed by atoms with Crippen LogP contribution in [0.1, 0.15) is 63.9 Å². The van der Waals surface area contributed by atoms with Crippen molar-refractivity contribution in [2.75, 3.05) is 41.4 Å². The van der Waals surface area contributed by atoms with Crippen molar-refractivity contribution in [3.05, 3.63) is 34.9 Å². The van der Waals surface area contributed by atoms with E-state index < -0.39 is 0 Å². The number of benzene rings is 1. The van der Waals surface area contributed by atoms with Gasteiger partial charge in [-0.15, -0.1) is 0 Å². The largest absolute Gasteiger partial charge is 0.341 e. The van der Waals surface area contributed by atoms with E-state index in [-0.39, 0.29) is 0 Å². The van der Waals surface area contributed by atoms with Crippen molar-refractivity contribution in [1.82, 2.24) is 15.0 Å². The first-order valence-corrected chi connectivity index (χ1v) is 11.9. The van der Waals surface area contributed by atoms with Crippen molar-refractivity contribution in [3.63, 3.8) is 0 Å². The van der Waals surface area contributed by atoms with Gasteiger partial charge in [0.15, 0.2) is 0 Å². The summed E-state index contributed by atoms with van der Waals surface area (Å²) in [5, 5.41) is 5.25. The van der Waals surface area contributed by atoms with Crippen LogP contribution in [0.4, 0.5) is 17.8 Å². The maximum Gasteiger partial charge on any atom is 0.250 e. The Bertz CT molecular complexity index is 830. The van der Waals surface area contributed by atoms with Crippen LogP contribution < -0.4 is 15.2 Å². The van der Waals surface area contributed by atoms with E-state index >= 15 is 0 Å². The van der Waals surface area contributed by atoms with E-state index in [2.05, 4.69) is 20.3 Å². The summed E-state index contributed by atoms with van der Waals surface area (Å²) < 4.78 is 0. The first-order valence-electron chi connectivity index (χ1n) is 11.5. The molecule has 0 atom stereocenters. The first-order chi connectivity index (χ1) is 15.2. The second-order valence-electron chi connectivity index (χ2n) is 8.38. The highest BCUT2D eigenvalue weighted by Crippen LogP contribution is 2.22. The molecule has 3 heterocycles. The van der Waals surface area contributed by atoms with Gasteiger partial charge < -0.3 is 9.80 Å². The fourth-order valence-corrected chi connectivity index (χ4v) is 4.24. The van der Waals surface area contributed by atoms with E-state index in [1.165, 1.54) is 51.4 Å². The Balaban J connectivity index is 1.60. The van der Waals surface area contributed by atoms with Crippen molar-refractivity contribution in [2.24, 2.45) is 5.10 Å². The summed E-state index contributed by atoms with van der Waals surface area (Å²) in [6.45, 7) is 5.95. The number of hydrogen-bond acceptors (Lipinski definition) is 7. The van der Waals surface area contributed by atoms with Crippen molar-refractivity contribution in [2.45, 2.75) is 58.3 Å². The molecule has 0 amide bonds. The fraction of sp³-hybridized carbons (Fsp3) is 0.565. The van der Waals surface area contributed by atoms with Gasteiger partial charge in [0.05, 0.1) is 5.71 Å². The quantitative estimate of drug-likeness (QED) is 0.512. The Labute approximate surface area is 189 Å². The number of nitrogens with zero attached hydrogens (tertiary/aromatic N) is 6. The molecule has 31 heavy (non-hydrogen) atoms. The van der Waals surface area contributed by atoms with Crippen LogP contribution in [0, 0.1) is 0 Å². The van der Waals surface area contributed by atoms with Crippen molar-refractivity contribution in [1.29, 1.82) is 0 Å². The maximum absolute atomic E-state index is 6.00. The van der Waals surface area contributed by atoms with E-state index in [1.807, 2.05) is 31.2 Å². The van der Waals surface area contributed by atoms with E-state index in [0.29, 0.717) is 11.0 Å². The van der Waals surface area contributed by atoms with E-state index in [4.69, 9.17) is 26.6 Å². The number of rotatable bonds is 5. The first kappa shape index (κ1) is 21.8. The Hall–Kier alpha value is -2.41. The number of hydrazone groups is 1. The summed E-state index contributed by atoms with van der Waals surface area (Å²) in [5.74, 6) is 2.03. The molecule has 0 spiro atoms. The molecule has 2 saturated heterocycles. The molecule has 1 N–H and O–H groups in total. The van der Waals surface area contributed by atoms with E-state index in [1.54, 1.807) is 0 Å². The molecule has 1 aromatic carbocycles. The zero-order valence-electron chi connectivity index (χ0n) is 18.4. The minimum Gasteiger partial charge on any atom is -0.341 e. The Morgan fingerprint density at radius 3 is 1.74 bits per heavy atom. The fourth-order valence-electron chi connectivity index (χ4n) is 4.12. The van der Waals surface area contributed by atoms with Crippen LogP contribution in [0.15, 0.2) is 29.4 Å². The zero-order chi connectivity index (χ0) is 21.5. The summed E-state index contributed by atoms with van der Waals surface area (Å²) in [4.78, 5) is 19.0. The number of halogens is 1. The molecule has 0 bridgehead atoms. The minimum atomic E-state index is 0.502. The molecule has 8 heteroatoms. The Morgan fingerprint density at radius 2 is 1.26 bits per heavy atom. The molecule has 7 nitrogen and oxygen atoms in total. The van der Waals surface area contributed by atoms with Gasteiger partial charge in [-0.1, -0.05) is 49.4 Å². The highest BCUT2D eigenvalue weighted by atomic mass is 35.5. The lowest BCUT2D eigenvalue weighted by Gasteiger charge is -2.24. The van der Waals surface area contributed by atoms with Crippen LogP contribution >= 0.6 is 11.6 Å². The lowest BCUT2D eigenvalue weighted by molar-refractivity contribution is 0.726. The molecule has 0 radical (unpaired) electrons. The topological polar surface area (TPSA) is 69.5 Å². The maximum atomic E-state index is 6.00. The summed E-state index contributed by atoms with van der Waals surface area (Å²) in [6.07, 6.45) is 9.82. The van der Waals surface area contributed by atoms with Gasteiger partial charge in [-0.25, -0.2) is 5.43 Å². The second kappa shape index (κ2) is 10.8. The van der Waals surface area contributed by atoms with Gasteiger partial charge in [0.2, 0.25) is 17.8 Å². The smallest absolute Gasteiger partial charge is 0.250 e. The average Bonchev–Trinajstić information content (AvgIpc) is 3.23. The van der Waals surface area contributed by atoms with Crippen molar-refractivity contribution < 1.29 is 0 Å². The van der Waals surface area contributed by atoms with Crippen LogP contribution in [-0.4, -0.2) is 46.8 Å². The Morgan fingerprint density at radius 1 is 0.774 bits per heavy atom. The van der Waals surface area contributed by atoms with Crippen molar-refractivity contribution >= 4 is 35.2 Å². The van der Waals surface area contributed by atoms with Crippen molar-refractivity contribution in [3.8, 4) is 0 Å². The SMILES string of the molecule is CC(=NNc1nc(N2CCCCCC2)nc(N2CCCCCC2)n1)c1ccc(Cl)cc1. The molecule has 1 aromatic heterocycles. The molecular formula is C23H32ClN7. The third kappa shape index (κ3) is 6.06. The summed E-state index contributed by atoms with van der Waals surface area (Å²) in [5.41, 5.74) is 4.94. The van der Waals surface area contributed by atoms with Gasteiger partial charge in [-0.05, 0) is 50.3 Å². The number of nitrogens with one attached hydrogen (secondary N) is 1. The van der Waals surface area contributed by atoms with Crippen LogP contribution in [-0.2, 0) is 0 Å². The molecule has 4 rings (SSSR count). The minimum absolute atomic E-state index is 0.502. The third-order valence-corrected chi connectivity index (χ3v) is 6.23. The van der Waals surface area contributed by atoms with Gasteiger partial charge in [0, 0.05) is 31.2 Å². The molecule has 166 valence electrons. The molecule has 2 fully saturated rings. The van der Waals surface area contributed by atoms with E-state index in [0.717, 1.165) is 49.4 Å². The number of aromatic nitrogens is 3. The predicted octanol–water partition coefficient (Wildman–Crippen LogP) is 5.12. The molecular weight excluding hydrogens is 410 g/mol. The second-order valence-corrected chi connectivity index (χ2v) is 8.81. The third-order valence-electron chi connectivity index (χ3n) is 5.98. The highest BCUT2D eigenvalue weighted by Gasteiger charge is 2.19. The monoisotopic (exact) mass is 441 g/mol. The molecule has 2 aromatic rings. The predicted molar refractivity (Wildman–Crippen MR) is 128 cm³/mol. The average molecular weight is 442 g/mol. The van der Waals surface area contributed by atoms with Gasteiger partial charge in [-0.2, -0.15) is 20.1 Å². The molecule has 2 aliphatic heterocycles. The summed E-state index contributed by atoms with van der Waals surface area (Å²) >= 11 is 6.00. The number of anilines is 3. The van der Waals surface area contributed by atoms with Gasteiger partial charge in [0.1, 0.15) is 0 Å². The lowest BCUT2D eigenvalue weighted by Crippen LogP contribution is -2.30. The highest BCUT2D eigenvalue weighted by molar-refractivity contribution is 6.30. The van der Waals surface area contributed by atoms with E-state index in [9.17, 15) is 0 Å². The van der Waals surface area contributed by atoms with Gasteiger partial charge >= 0.3 is 0 Å².